The molecule has 2 aromatic carbocycles. The molecular formula is C25H24N4O. The Morgan fingerprint density at radius 1 is 1.07 bits per heavy atom. The molecule has 0 aliphatic heterocycles. The van der Waals surface area contributed by atoms with Gasteiger partial charge in [-0.1, -0.05) is 55.8 Å². The molecule has 0 spiro atoms. The summed E-state index contributed by atoms with van der Waals surface area (Å²) in [6, 6.07) is 20.0. The van der Waals surface area contributed by atoms with Crippen molar-refractivity contribution in [3.63, 3.8) is 0 Å². The zero-order valence-electron chi connectivity index (χ0n) is 17.3. The number of pyridine rings is 1. The maximum atomic E-state index is 12.8. The number of benzene rings is 2. The fourth-order valence-corrected chi connectivity index (χ4v) is 3.78. The average Bonchev–Trinajstić information content (AvgIpc) is 3.13. The zero-order chi connectivity index (χ0) is 21.1. The van der Waals surface area contributed by atoms with Crippen LogP contribution < -0.4 is 5.56 Å². The van der Waals surface area contributed by atoms with Crippen LogP contribution in [0.3, 0.4) is 0 Å². The molecule has 0 atom stereocenters. The van der Waals surface area contributed by atoms with E-state index in [9.17, 15) is 10.1 Å². The van der Waals surface area contributed by atoms with Crippen LogP contribution in [0.5, 0.6) is 0 Å². The minimum Gasteiger partial charge on any atom is -0.319 e. The van der Waals surface area contributed by atoms with Crippen LogP contribution in [0.4, 0.5) is 0 Å². The van der Waals surface area contributed by atoms with Gasteiger partial charge < -0.3 is 9.13 Å². The number of aromatic nitrogens is 3. The predicted molar refractivity (Wildman–Crippen MR) is 119 cm³/mol. The molecule has 4 rings (SSSR count). The quantitative estimate of drug-likeness (QED) is 0.476. The highest BCUT2D eigenvalue weighted by atomic mass is 16.1. The van der Waals surface area contributed by atoms with Crippen molar-refractivity contribution >= 4 is 11.0 Å². The first-order chi connectivity index (χ1) is 14.6. The van der Waals surface area contributed by atoms with Crippen LogP contribution in [-0.2, 0) is 20.0 Å². The normalized spacial score (nSPS) is 11.0. The van der Waals surface area contributed by atoms with Crippen molar-refractivity contribution in [1.29, 1.82) is 5.26 Å². The van der Waals surface area contributed by atoms with Crippen molar-refractivity contribution in [2.75, 3.05) is 0 Å². The molecule has 5 heteroatoms. The Bertz CT molecular complexity index is 1290. The van der Waals surface area contributed by atoms with Crippen molar-refractivity contribution in [3.05, 3.63) is 88.1 Å². The van der Waals surface area contributed by atoms with Crippen molar-refractivity contribution in [3.8, 4) is 17.2 Å². The van der Waals surface area contributed by atoms with Crippen LogP contribution in [-0.4, -0.2) is 14.1 Å². The first-order valence-corrected chi connectivity index (χ1v) is 10.3. The van der Waals surface area contributed by atoms with Gasteiger partial charge in [0.15, 0.2) is 0 Å². The maximum absolute atomic E-state index is 12.8. The van der Waals surface area contributed by atoms with Gasteiger partial charge in [0.2, 0.25) is 0 Å². The molecule has 2 heterocycles. The van der Waals surface area contributed by atoms with Crippen LogP contribution in [0.2, 0.25) is 0 Å². The monoisotopic (exact) mass is 396 g/mol. The smallest absolute Gasteiger partial charge is 0.276 e. The Kier molecular flexibility index (Phi) is 5.49. The summed E-state index contributed by atoms with van der Waals surface area (Å²) >= 11 is 0. The van der Waals surface area contributed by atoms with Crippen LogP contribution in [0.1, 0.15) is 36.7 Å². The standard InChI is InChI=1S/C25H24N4O/c1-3-4-9-23-27-22-14-15-28(2)25(30)24(22)29(23)17-18-10-12-19(13-11-18)21-8-6-5-7-20(21)16-26/h5-8,10-15H,3-4,9,17H2,1-2H3. The number of nitrogens with zero attached hydrogens (tertiary/aromatic N) is 4. The highest BCUT2D eigenvalue weighted by Crippen LogP contribution is 2.24. The van der Waals surface area contributed by atoms with Gasteiger partial charge in [-0.2, -0.15) is 5.26 Å². The van der Waals surface area contributed by atoms with Crippen molar-refractivity contribution < 1.29 is 0 Å². The van der Waals surface area contributed by atoms with E-state index >= 15 is 0 Å². The SMILES string of the molecule is CCCCc1nc2ccn(C)c(=O)c2n1Cc1ccc(-c2ccccc2C#N)cc1. The van der Waals surface area contributed by atoms with Gasteiger partial charge in [0.1, 0.15) is 11.3 Å². The van der Waals surface area contributed by atoms with Crippen LogP contribution >= 0.6 is 0 Å². The van der Waals surface area contributed by atoms with Crippen molar-refractivity contribution in [2.24, 2.45) is 7.05 Å². The number of fused-ring (bicyclic) bond motifs is 1. The molecule has 0 N–H and O–H groups in total. The number of imidazole rings is 1. The Balaban J connectivity index is 1.73. The Hall–Kier alpha value is -3.65. The topological polar surface area (TPSA) is 63.6 Å². The molecule has 0 unspecified atom stereocenters. The van der Waals surface area contributed by atoms with E-state index in [4.69, 9.17) is 4.98 Å². The molecule has 0 saturated heterocycles. The van der Waals surface area contributed by atoms with E-state index in [0.29, 0.717) is 17.6 Å². The minimum atomic E-state index is -0.0256. The summed E-state index contributed by atoms with van der Waals surface area (Å²) in [6.07, 6.45) is 4.73. The molecule has 0 aliphatic rings. The number of aryl methyl sites for hydroxylation is 2. The number of rotatable bonds is 6. The molecule has 0 saturated carbocycles. The zero-order valence-corrected chi connectivity index (χ0v) is 17.3. The third kappa shape index (κ3) is 3.65. The summed E-state index contributed by atoms with van der Waals surface area (Å²) in [5.41, 5.74) is 5.08. The molecule has 0 amide bonds. The van der Waals surface area contributed by atoms with E-state index in [1.165, 1.54) is 0 Å². The maximum Gasteiger partial charge on any atom is 0.276 e. The van der Waals surface area contributed by atoms with E-state index in [2.05, 4.69) is 29.7 Å². The molecule has 0 aliphatic carbocycles. The van der Waals surface area contributed by atoms with Gasteiger partial charge in [-0.05, 0) is 35.2 Å². The molecule has 4 aromatic rings. The van der Waals surface area contributed by atoms with Gasteiger partial charge >= 0.3 is 0 Å². The van der Waals surface area contributed by atoms with E-state index < -0.39 is 0 Å². The number of unbranched alkanes of at least 4 members (excludes halogenated alkanes) is 1. The molecule has 5 nitrogen and oxygen atoms in total. The second kappa shape index (κ2) is 8.38. The second-order valence-electron chi connectivity index (χ2n) is 7.54. The van der Waals surface area contributed by atoms with Crippen LogP contribution in [0.15, 0.2) is 65.6 Å². The molecular weight excluding hydrogens is 372 g/mol. The summed E-state index contributed by atoms with van der Waals surface area (Å²) in [5, 5.41) is 9.36. The predicted octanol–water partition coefficient (Wildman–Crippen LogP) is 4.66. The van der Waals surface area contributed by atoms with Crippen LogP contribution in [0, 0.1) is 11.3 Å². The summed E-state index contributed by atoms with van der Waals surface area (Å²) in [6.45, 7) is 2.75. The fourth-order valence-electron chi connectivity index (χ4n) is 3.78. The van der Waals surface area contributed by atoms with Gasteiger partial charge in [-0.3, -0.25) is 4.79 Å². The molecule has 30 heavy (non-hydrogen) atoms. The van der Waals surface area contributed by atoms with Gasteiger partial charge in [0, 0.05) is 26.2 Å². The molecule has 0 bridgehead atoms. The highest BCUT2D eigenvalue weighted by molar-refractivity contribution is 5.75. The van der Waals surface area contributed by atoms with Crippen molar-refractivity contribution in [2.45, 2.75) is 32.7 Å². The molecule has 0 fully saturated rings. The van der Waals surface area contributed by atoms with Gasteiger partial charge in [-0.25, -0.2) is 4.98 Å². The third-order valence-corrected chi connectivity index (χ3v) is 5.46. The largest absolute Gasteiger partial charge is 0.319 e. The van der Waals surface area contributed by atoms with E-state index in [-0.39, 0.29) is 5.56 Å². The second-order valence-corrected chi connectivity index (χ2v) is 7.54. The van der Waals surface area contributed by atoms with Crippen molar-refractivity contribution in [1.82, 2.24) is 14.1 Å². The number of nitriles is 1. The summed E-state index contributed by atoms with van der Waals surface area (Å²) in [5.74, 6) is 0.953. The van der Waals surface area contributed by atoms with Crippen LogP contribution in [0.25, 0.3) is 22.2 Å². The summed E-state index contributed by atoms with van der Waals surface area (Å²) in [4.78, 5) is 17.6. The number of hydrogen-bond donors (Lipinski definition) is 0. The van der Waals surface area contributed by atoms with Gasteiger partial charge in [0.05, 0.1) is 17.1 Å². The van der Waals surface area contributed by atoms with Gasteiger partial charge in [-0.15, -0.1) is 0 Å². The third-order valence-electron chi connectivity index (χ3n) is 5.46. The molecule has 0 radical (unpaired) electrons. The highest BCUT2D eigenvalue weighted by Gasteiger charge is 2.15. The summed E-state index contributed by atoms with van der Waals surface area (Å²) < 4.78 is 3.66. The van der Waals surface area contributed by atoms with E-state index in [0.717, 1.165) is 47.3 Å². The molecule has 150 valence electrons. The first-order valence-electron chi connectivity index (χ1n) is 10.3. The lowest BCUT2D eigenvalue weighted by molar-refractivity contribution is 0.687. The fraction of sp³-hybridized carbons (Fsp3) is 0.240. The average molecular weight is 396 g/mol. The number of hydrogen-bond acceptors (Lipinski definition) is 3. The Morgan fingerprint density at radius 3 is 2.57 bits per heavy atom. The van der Waals surface area contributed by atoms with E-state index in [1.807, 2.05) is 42.5 Å². The lowest BCUT2D eigenvalue weighted by Gasteiger charge is -2.11. The lowest BCUT2D eigenvalue weighted by atomic mass is 9.99. The lowest BCUT2D eigenvalue weighted by Crippen LogP contribution is -2.19. The first kappa shape index (κ1) is 19.7. The Labute approximate surface area is 175 Å². The summed E-state index contributed by atoms with van der Waals surface area (Å²) in [7, 11) is 1.77. The minimum absolute atomic E-state index is 0.0256. The molecule has 2 aromatic heterocycles. The Morgan fingerprint density at radius 2 is 1.83 bits per heavy atom. The van der Waals surface area contributed by atoms with E-state index in [1.54, 1.807) is 17.8 Å². The van der Waals surface area contributed by atoms with Gasteiger partial charge in [0.25, 0.3) is 5.56 Å².